The van der Waals surface area contributed by atoms with Crippen LogP contribution in [-0.2, 0) is 16.0 Å². The van der Waals surface area contributed by atoms with Crippen LogP contribution in [0.15, 0.2) is 18.2 Å². The van der Waals surface area contributed by atoms with Crippen molar-refractivity contribution in [3.05, 3.63) is 29.3 Å². The highest BCUT2D eigenvalue weighted by Crippen LogP contribution is 2.34. The van der Waals surface area contributed by atoms with Crippen molar-refractivity contribution in [2.75, 3.05) is 7.11 Å². The number of hydrogen-bond donors (Lipinski definition) is 0. The van der Waals surface area contributed by atoms with Crippen molar-refractivity contribution in [1.82, 2.24) is 0 Å². The Kier molecular flexibility index (Phi) is 2.77. The maximum Gasteiger partial charge on any atom is 0.145 e. The topological polar surface area (TPSA) is 43.4 Å². The number of fused-ring (bicyclic) bond motifs is 1. The quantitative estimate of drug-likeness (QED) is 0.778. The number of carbonyl (C=O) groups excluding carboxylic acids is 2. The number of ketones is 2. The summed E-state index contributed by atoms with van der Waals surface area (Å²) in [4.78, 5) is 22.9. The lowest BCUT2D eigenvalue weighted by Gasteiger charge is -2.08. The van der Waals surface area contributed by atoms with E-state index in [9.17, 15) is 9.59 Å². The van der Waals surface area contributed by atoms with E-state index in [-0.39, 0.29) is 17.5 Å². The van der Waals surface area contributed by atoms with Crippen LogP contribution in [0.3, 0.4) is 0 Å². The van der Waals surface area contributed by atoms with Gasteiger partial charge < -0.3 is 4.74 Å². The first-order valence-electron chi connectivity index (χ1n) is 5.30. The van der Waals surface area contributed by atoms with Gasteiger partial charge in [0, 0.05) is 12.8 Å². The molecule has 1 aromatic rings. The molecule has 0 heterocycles. The van der Waals surface area contributed by atoms with Gasteiger partial charge in [-0.1, -0.05) is 6.07 Å². The van der Waals surface area contributed by atoms with E-state index in [1.54, 1.807) is 7.11 Å². The Labute approximate surface area is 94.4 Å². The Hall–Kier alpha value is -1.64. The summed E-state index contributed by atoms with van der Waals surface area (Å²) in [5, 5.41) is 0. The molecule has 0 saturated heterocycles. The normalized spacial score (nSPS) is 18.4. The second kappa shape index (κ2) is 4.08. The van der Waals surface area contributed by atoms with E-state index in [1.165, 1.54) is 6.92 Å². The number of hydrogen-bond acceptors (Lipinski definition) is 3. The molecule has 0 amide bonds. The molecule has 1 aliphatic rings. The molecule has 1 aliphatic carbocycles. The zero-order valence-electron chi connectivity index (χ0n) is 9.45. The van der Waals surface area contributed by atoms with E-state index in [2.05, 4.69) is 0 Å². The van der Waals surface area contributed by atoms with Gasteiger partial charge in [0.25, 0.3) is 0 Å². The highest BCUT2D eigenvalue weighted by molar-refractivity contribution is 5.96. The summed E-state index contributed by atoms with van der Waals surface area (Å²) in [6.45, 7) is 1.52. The summed E-state index contributed by atoms with van der Waals surface area (Å²) >= 11 is 0. The van der Waals surface area contributed by atoms with Crippen molar-refractivity contribution < 1.29 is 14.3 Å². The van der Waals surface area contributed by atoms with Crippen LogP contribution in [0.1, 0.15) is 30.4 Å². The molecular formula is C13H14O3. The van der Waals surface area contributed by atoms with E-state index in [0.717, 1.165) is 16.9 Å². The molecule has 2 rings (SSSR count). The minimum Gasteiger partial charge on any atom is -0.497 e. The zero-order valence-corrected chi connectivity index (χ0v) is 9.45. The average molecular weight is 218 g/mol. The third kappa shape index (κ3) is 1.85. The lowest BCUT2D eigenvalue weighted by Crippen LogP contribution is -2.09. The molecule has 16 heavy (non-hydrogen) atoms. The molecule has 1 aromatic carbocycles. The second-order valence-corrected chi connectivity index (χ2v) is 4.17. The van der Waals surface area contributed by atoms with Gasteiger partial charge in [-0.2, -0.15) is 0 Å². The van der Waals surface area contributed by atoms with Crippen molar-refractivity contribution in [1.29, 1.82) is 0 Å². The SMILES string of the molecule is COc1ccc2c(c1)CC(=O)C2CC(C)=O. The number of carbonyl (C=O) groups is 2. The fourth-order valence-electron chi connectivity index (χ4n) is 2.20. The van der Waals surface area contributed by atoms with Gasteiger partial charge in [0.05, 0.1) is 13.0 Å². The highest BCUT2D eigenvalue weighted by atomic mass is 16.5. The third-order valence-electron chi connectivity index (χ3n) is 2.97. The van der Waals surface area contributed by atoms with Gasteiger partial charge >= 0.3 is 0 Å². The van der Waals surface area contributed by atoms with Gasteiger partial charge in [0.1, 0.15) is 17.3 Å². The predicted octanol–water partition coefficient (Wildman–Crippen LogP) is 1.88. The summed E-state index contributed by atoms with van der Waals surface area (Å²) in [6.07, 6.45) is 0.739. The van der Waals surface area contributed by atoms with E-state index in [1.807, 2.05) is 18.2 Å². The van der Waals surface area contributed by atoms with Gasteiger partial charge in [-0.05, 0) is 30.2 Å². The first-order chi connectivity index (χ1) is 7.61. The Morgan fingerprint density at radius 3 is 2.88 bits per heavy atom. The van der Waals surface area contributed by atoms with Crippen molar-refractivity contribution in [2.45, 2.75) is 25.7 Å². The van der Waals surface area contributed by atoms with Gasteiger partial charge in [-0.25, -0.2) is 0 Å². The molecule has 0 bridgehead atoms. The van der Waals surface area contributed by atoms with Crippen LogP contribution >= 0.6 is 0 Å². The number of benzene rings is 1. The molecule has 0 fully saturated rings. The molecule has 0 spiro atoms. The fourth-order valence-corrected chi connectivity index (χ4v) is 2.20. The zero-order chi connectivity index (χ0) is 11.7. The van der Waals surface area contributed by atoms with Crippen LogP contribution in [0.4, 0.5) is 0 Å². The minimum absolute atomic E-state index is 0.0574. The lowest BCUT2D eigenvalue weighted by atomic mass is 9.95. The molecule has 1 atom stereocenters. The van der Waals surface area contributed by atoms with Crippen LogP contribution in [0.25, 0.3) is 0 Å². The second-order valence-electron chi connectivity index (χ2n) is 4.17. The van der Waals surface area contributed by atoms with Gasteiger partial charge in [0.2, 0.25) is 0 Å². The summed E-state index contributed by atoms with van der Waals surface area (Å²) in [6, 6.07) is 5.62. The van der Waals surface area contributed by atoms with E-state index in [0.29, 0.717) is 12.8 Å². The molecule has 0 radical (unpaired) electrons. The van der Waals surface area contributed by atoms with Crippen molar-refractivity contribution >= 4 is 11.6 Å². The highest BCUT2D eigenvalue weighted by Gasteiger charge is 2.31. The average Bonchev–Trinajstić information content (AvgIpc) is 2.54. The van der Waals surface area contributed by atoms with Crippen LogP contribution in [0.2, 0.25) is 0 Å². The van der Waals surface area contributed by atoms with Gasteiger partial charge in [-0.3, -0.25) is 9.59 Å². The number of Topliss-reactive ketones (excluding diaryl/α,β-unsaturated/α-hetero) is 2. The van der Waals surface area contributed by atoms with Crippen LogP contribution in [-0.4, -0.2) is 18.7 Å². The first kappa shape index (κ1) is 10.9. The predicted molar refractivity (Wildman–Crippen MR) is 59.7 cm³/mol. The molecule has 0 aromatic heterocycles. The standard InChI is InChI=1S/C13H14O3/c1-8(14)5-12-11-4-3-10(16-2)6-9(11)7-13(12)15/h3-4,6,12H,5,7H2,1-2H3. The van der Waals surface area contributed by atoms with Crippen LogP contribution < -0.4 is 4.74 Å². The van der Waals surface area contributed by atoms with Gasteiger partial charge in [0.15, 0.2) is 0 Å². The molecule has 3 nitrogen and oxygen atoms in total. The summed E-state index contributed by atoms with van der Waals surface area (Å²) in [7, 11) is 1.60. The van der Waals surface area contributed by atoms with E-state index < -0.39 is 0 Å². The number of methoxy groups -OCH3 is 1. The molecule has 84 valence electrons. The molecule has 3 heteroatoms. The van der Waals surface area contributed by atoms with Crippen LogP contribution in [0.5, 0.6) is 5.75 Å². The Morgan fingerprint density at radius 1 is 1.50 bits per heavy atom. The van der Waals surface area contributed by atoms with Crippen molar-refractivity contribution in [3.8, 4) is 5.75 Å². The fraction of sp³-hybridized carbons (Fsp3) is 0.385. The monoisotopic (exact) mass is 218 g/mol. The smallest absolute Gasteiger partial charge is 0.145 e. The lowest BCUT2D eigenvalue weighted by molar-refractivity contribution is -0.123. The molecule has 0 N–H and O–H groups in total. The van der Waals surface area contributed by atoms with E-state index in [4.69, 9.17) is 4.74 Å². The minimum atomic E-state index is -0.238. The Morgan fingerprint density at radius 2 is 2.25 bits per heavy atom. The summed E-state index contributed by atoms with van der Waals surface area (Å²) < 4.78 is 5.11. The Bertz CT molecular complexity index is 448. The van der Waals surface area contributed by atoms with Gasteiger partial charge in [-0.15, -0.1) is 0 Å². The maximum absolute atomic E-state index is 11.8. The van der Waals surface area contributed by atoms with Crippen LogP contribution in [0, 0.1) is 0 Å². The Balaban J connectivity index is 2.34. The summed E-state index contributed by atoms with van der Waals surface area (Å²) in [5.74, 6) is 0.717. The molecule has 0 saturated carbocycles. The molecule has 0 aliphatic heterocycles. The first-order valence-corrected chi connectivity index (χ1v) is 5.30. The van der Waals surface area contributed by atoms with Crippen molar-refractivity contribution in [3.63, 3.8) is 0 Å². The molecule has 1 unspecified atom stereocenters. The molecular weight excluding hydrogens is 204 g/mol. The summed E-state index contributed by atoms with van der Waals surface area (Å²) in [5.41, 5.74) is 1.98. The number of ether oxygens (including phenoxy) is 1. The largest absolute Gasteiger partial charge is 0.497 e. The number of rotatable bonds is 3. The third-order valence-corrected chi connectivity index (χ3v) is 2.97. The maximum atomic E-state index is 11.8. The van der Waals surface area contributed by atoms with E-state index >= 15 is 0 Å². The van der Waals surface area contributed by atoms with Crippen molar-refractivity contribution in [2.24, 2.45) is 0 Å².